The normalized spacial score (nSPS) is 13.8. The molecule has 7 nitrogen and oxygen atoms in total. The van der Waals surface area contributed by atoms with Crippen LogP contribution in [0.1, 0.15) is 40.9 Å². The van der Waals surface area contributed by atoms with Gasteiger partial charge in [-0.15, -0.1) is 0 Å². The van der Waals surface area contributed by atoms with Crippen molar-refractivity contribution < 1.29 is 22.8 Å². The molecule has 1 aliphatic carbocycles. The van der Waals surface area contributed by atoms with Gasteiger partial charge in [0.05, 0.1) is 11.6 Å². The lowest BCUT2D eigenvalue weighted by atomic mass is 9.95. The second-order valence-electron chi connectivity index (χ2n) is 9.01. The van der Waals surface area contributed by atoms with Crippen molar-refractivity contribution >= 4 is 17.5 Å². The lowest BCUT2D eigenvalue weighted by Gasteiger charge is -2.25. The van der Waals surface area contributed by atoms with E-state index in [1.807, 2.05) is 12.1 Å². The highest BCUT2D eigenvalue weighted by atomic mass is 19.4. The van der Waals surface area contributed by atoms with Crippen molar-refractivity contribution in [2.75, 3.05) is 11.9 Å². The number of benzene rings is 2. The number of halogens is 3. The Balaban J connectivity index is 1.58. The van der Waals surface area contributed by atoms with Crippen molar-refractivity contribution in [3.05, 3.63) is 82.7 Å². The van der Waals surface area contributed by atoms with Gasteiger partial charge in [0.2, 0.25) is 11.8 Å². The SMILES string of the molecule is CN(C(=O)C(Cc1cccc(C#N)c1)NC(=O)Cn1nc(C(F)(F)F)c2c1CCCC2)c1ccccc1. The van der Waals surface area contributed by atoms with Gasteiger partial charge in [0.25, 0.3) is 0 Å². The fourth-order valence-electron chi connectivity index (χ4n) is 4.62. The number of hydrogen-bond acceptors (Lipinski definition) is 4. The summed E-state index contributed by atoms with van der Waals surface area (Å²) in [4.78, 5) is 27.9. The standard InChI is InChI=1S/C27H26F3N5O2/c1-34(20-10-3-2-4-11-20)26(37)22(15-18-8-7-9-19(14-18)16-31)32-24(36)17-35-23-13-6-5-12-21(23)25(33-35)27(28,29)30/h2-4,7-11,14,22H,5-6,12-13,15,17H2,1H3,(H,32,36). The van der Waals surface area contributed by atoms with E-state index in [0.717, 1.165) is 11.1 Å². The Morgan fingerprint density at radius 3 is 2.57 bits per heavy atom. The van der Waals surface area contributed by atoms with Gasteiger partial charge in [0.15, 0.2) is 5.69 Å². The molecule has 4 rings (SSSR count). The van der Waals surface area contributed by atoms with Crippen LogP contribution in [-0.4, -0.2) is 34.7 Å². The minimum absolute atomic E-state index is 0.0995. The van der Waals surface area contributed by atoms with Crippen molar-refractivity contribution in [3.63, 3.8) is 0 Å². The van der Waals surface area contributed by atoms with Gasteiger partial charge < -0.3 is 10.2 Å². The average molecular weight is 510 g/mol. The molecule has 0 spiro atoms. The minimum atomic E-state index is -4.61. The van der Waals surface area contributed by atoms with Crippen LogP contribution >= 0.6 is 0 Å². The maximum atomic E-state index is 13.5. The Labute approximate surface area is 212 Å². The number of carbonyl (C=O) groups is 2. The summed E-state index contributed by atoms with van der Waals surface area (Å²) >= 11 is 0. The summed E-state index contributed by atoms with van der Waals surface area (Å²) in [5.74, 6) is -1.03. The van der Waals surface area contributed by atoms with Gasteiger partial charge in [-0.1, -0.05) is 30.3 Å². The molecule has 1 heterocycles. The summed E-state index contributed by atoms with van der Waals surface area (Å²) in [6, 6.07) is 16.6. The Morgan fingerprint density at radius 1 is 1.14 bits per heavy atom. The molecular formula is C27H26F3N5O2. The molecule has 3 aromatic rings. The highest BCUT2D eigenvalue weighted by Gasteiger charge is 2.39. The first-order valence-electron chi connectivity index (χ1n) is 11.9. The number of hydrogen-bond donors (Lipinski definition) is 1. The highest BCUT2D eigenvalue weighted by molar-refractivity contribution is 5.99. The number of alkyl halides is 3. The number of nitrogens with zero attached hydrogens (tertiary/aromatic N) is 4. The van der Waals surface area contributed by atoms with Crippen LogP contribution in [0.3, 0.4) is 0 Å². The number of carbonyl (C=O) groups excluding carboxylic acids is 2. The summed E-state index contributed by atoms with van der Waals surface area (Å²) in [5, 5.41) is 15.7. The summed E-state index contributed by atoms with van der Waals surface area (Å²) in [6.07, 6.45) is -2.47. The lowest BCUT2D eigenvalue weighted by molar-refractivity contribution is -0.142. The molecule has 192 valence electrons. The predicted octanol–water partition coefficient (Wildman–Crippen LogP) is 4.04. The molecule has 10 heteroatoms. The molecule has 1 aliphatic rings. The van der Waals surface area contributed by atoms with Crippen LogP contribution in [-0.2, 0) is 41.6 Å². The zero-order valence-corrected chi connectivity index (χ0v) is 20.3. The van der Waals surface area contributed by atoms with E-state index in [0.29, 0.717) is 35.3 Å². The molecule has 1 unspecified atom stereocenters. The molecular weight excluding hydrogens is 483 g/mol. The monoisotopic (exact) mass is 509 g/mol. The Morgan fingerprint density at radius 2 is 1.86 bits per heavy atom. The van der Waals surface area contributed by atoms with E-state index in [1.165, 1.54) is 4.90 Å². The molecule has 0 bridgehead atoms. The molecule has 37 heavy (non-hydrogen) atoms. The van der Waals surface area contributed by atoms with Crippen LogP contribution in [0, 0.1) is 11.3 Å². The number of nitrogens with one attached hydrogen (secondary N) is 1. The molecule has 2 amide bonds. The predicted molar refractivity (Wildman–Crippen MR) is 131 cm³/mol. The Kier molecular flexibility index (Phi) is 7.62. The van der Waals surface area contributed by atoms with E-state index in [4.69, 9.17) is 0 Å². The van der Waals surface area contributed by atoms with E-state index in [-0.39, 0.29) is 18.4 Å². The summed E-state index contributed by atoms with van der Waals surface area (Å²) in [7, 11) is 1.59. The Hall–Kier alpha value is -4.13. The maximum Gasteiger partial charge on any atom is 0.435 e. The van der Waals surface area contributed by atoms with Crippen LogP contribution in [0.15, 0.2) is 54.6 Å². The number of amides is 2. The number of likely N-dealkylation sites (N-methyl/N-ethyl adjacent to an activating group) is 1. The molecule has 2 aromatic carbocycles. The number of rotatable bonds is 7. The fraction of sp³-hybridized carbons (Fsp3) is 0.333. The van der Waals surface area contributed by atoms with E-state index in [1.54, 1.807) is 55.6 Å². The zero-order valence-electron chi connectivity index (χ0n) is 20.3. The molecule has 1 atom stereocenters. The number of para-hydroxylation sites is 1. The average Bonchev–Trinajstić information content (AvgIpc) is 3.27. The molecule has 0 saturated carbocycles. The minimum Gasteiger partial charge on any atom is -0.342 e. The molecule has 0 radical (unpaired) electrons. The van der Waals surface area contributed by atoms with E-state index in [9.17, 15) is 28.0 Å². The maximum absolute atomic E-state index is 13.5. The van der Waals surface area contributed by atoms with Gasteiger partial charge >= 0.3 is 6.18 Å². The summed E-state index contributed by atoms with van der Waals surface area (Å²) in [6.45, 7) is -0.435. The molecule has 0 saturated heterocycles. The zero-order chi connectivity index (χ0) is 26.6. The molecule has 1 N–H and O–H groups in total. The van der Waals surface area contributed by atoms with Crippen LogP contribution in [0.25, 0.3) is 0 Å². The molecule has 0 fully saturated rings. The number of aromatic nitrogens is 2. The largest absolute Gasteiger partial charge is 0.435 e. The van der Waals surface area contributed by atoms with E-state index < -0.39 is 36.3 Å². The first-order chi connectivity index (χ1) is 17.7. The topological polar surface area (TPSA) is 91.0 Å². The highest BCUT2D eigenvalue weighted by Crippen LogP contribution is 2.35. The van der Waals surface area contributed by atoms with Crippen molar-refractivity contribution in [2.45, 2.75) is 50.9 Å². The van der Waals surface area contributed by atoms with Crippen LogP contribution < -0.4 is 10.2 Å². The molecule has 1 aromatic heterocycles. The van der Waals surface area contributed by atoms with Gasteiger partial charge in [0, 0.05) is 30.4 Å². The van der Waals surface area contributed by atoms with Crippen molar-refractivity contribution in [1.29, 1.82) is 5.26 Å². The second-order valence-corrected chi connectivity index (χ2v) is 9.01. The van der Waals surface area contributed by atoms with Gasteiger partial charge in [-0.05, 0) is 55.5 Å². The third-order valence-corrected chi connectivity index (χ3v) is 6.42. The number of anilines is 1. The van der Waals surface area contributed by atoms with Crippen LogP contribution in [0.5, 0.6) is 0 Å². The van der Waals surface area contributed by atoms with Crippen molar-refractivity contribution in [3.8, 4) is 6.07 Å². The molecule has 0 aliphatic heterocycles. The second kappa shape index (κ2) is 10.9. The quantitative estimate of drug-likeness (QED) is 0.521. The third kappa shape index (κ3) is 6.00. The van der Waals surface area contributed by atoms with Crippen molar-refractivity contribution in [2.24, 2.45) is 0 Å². The Bertz CT molecular complexity index is 1330. The van der Waals surface area contributed by atoms with E-state index >= 15 is 0 Å². The first kappa shape index (κ1) is 25.9. The summed E-state index contributed by atoms with van der Waals surface area (Å²) in [5.41, 5.74) is 1.31. The fourth-order valence-corrected chi connectivity index (χ4v) is 4.62. The van der Waals surface area contributed by atoms with Gasteiger partial charge in [-0.3, -0.25) is 14.3 Å². The van der Waals surface area contributed by atoms with Crippen LogP contribution in [0.2, 0.25) is 0 Å². The summed E-state index contributed by atoms with van der Waals surface area (Å²) < 4.78 is 41.8. The lowest BCUT2D eigenvalue weighted by Crippen LogP contribution is -2.49. The van der Waals surface area contributed by atoms with E-state index in [2.05, 4.69) is 10.4 Å². The van der Waals surface area contributed by atoms with Crippen molar-refractivity contribution in [1.82, 2.24) is 15.1 Å². The smallest absolute Gasteiger partial charge is 0.342 e. The van der Waals surface area contributed by atoms with Crippen LogP contribution in [0.4, 0.5) is 18.9 Å². The van der Waals surface area contributed by atoms with Gasteiger partial charge in [-0.2, -0.15) is 23.5 Å². The van der Waals surface area contributed by atoms with Gasteiger partial charge in [0.1, 0.15) is 12.6 Å². The third-order valence-electron chi connectivity index (χ3n) is 6.42. The first-order valence-corrected chi connectivity index (χ1v) is 11.9. The number of fused-ring (bicyclic) bond motifs is 1. The number of nitriles is 1. The van der Waals surface area contributed by atoms with Gasteiger partial charge in [-0.25, -0.2) is 0 Å².